The molecule has 0 saturated heterocycles. The summed E-state index contributed by atoms with van der Waals surface area (Å²) in [6.45, 7) is 1.89. The topological polar surface area (TPSA) is 84.3 Å². The zero-order valence-electron chi connectivity index (χ0n) is 19.0. The van der Waals surface area contributed by atoms with Crippen LogP contribution in [0.4, 0.5) is 11.5 Å². The Morgan fingerprint density at radius 3 is 2.32 bits per heavy atom. The van der Waals surface area contributed by atoms with Gasteiger partial charge < -0.3 is 5.32 Å². The SMILES string of the molecule is Cc1ccc(S(=O)(=O)N(C)c2c(C(=O)Nc3ccccc3Sc3ccccc3)cnn2C)cc1. The maximum atomic E-state index is 13.3. The van der Waals surface area contributed by atoms with Crippen molar-refractivity contribution in [3.05, 3.63) is 96.2 Å². The van der Waals surface area contributed by atoms with Crippen LogP contribution in [-0.2, 0) is 17.1 Å². The van der Waals surface area contributed by atoms with Gasteiger partial charge in [0.05, 0.1) is 16.8 Å². The lowest BCUT2D eigenvalue weighted by Gasteiger charge is -2.21. The predicted molar refractivity (Wildman–Crippen MR) is 135 cm³/mol. The number of rotatable bonds is 7. The fraction of sp³-hybridized carbons (Fsp3) is 0.120. The molecule has 1 heterocycles. The number of anilines is 2. The van der Waals surface area contributed by atoms with Gasteiger partial charge in [-0.05, 0) is 43.3 Å². The van der Waals surface area contributed by atoms with Gasteiger partial charge in [-0.15, -0.1) is 0 Å². The zero-order chi connectivity index (χ0) is 24.3. The van der Waals surface area contributed by atoms with Crippen molar-refractivity contribution in [3.63, 3.8) is 0 Å². The number of carbonyl (C=O) groups excluding carboxylic acids is 1. The van der Waals surface area contributed by atoms with Crippen molar-refractivity contribution in [3.8, 4) is 0 Å². The van der Waals surface area contributed by atoms with Crippen LogP contribution >= 0.6 is 11.8 Å². The number of para-hydroxylation sites is 1. The van der Waals surface area contributed by atoms with Gasteiger partial charge in [-0.2, -0.15) is 5.10 Å². The lowest BCUT2D eigenvalue weighted by molar-refractivity contribution is 0.102. The van der Waals surface area contributed by atoms with Crippen molar-refractivity contribution in [2.45, 2.75) is 21.6 Å². The van der Waals surface area contributed by atoms with Crippen molar-refractivity contribution in [1.82, 2.24) is 9.78 Å². The van der Waals surface area contributed by atoms with Gasteiger partial charge in [-0.25, -0.2) is 8.42 Å². The fourth-order valence-corrected chi connectivity index (χ4v) is 5.57. The Hall–Kier alpha value is -3.56. The standard InChI is InChI=1S/C25H24N4O3S2/c1-18-13-15-20(16-14-18)34(31,32)29(3)25-21(17-26-28(25)2)24(30)27-22-11-7-8-12-23(22)33-19-9-5-4-6-10-19/h4-17H,1-3H3,(H,27,30). The number of sulfonamides is 1. The van der Waals surface area contributed by atoms with Gasteiger partial charge in [0, 0.05) is 23.9 Å². The van der Waals surface area contributed by atoms with Crippen LogP contribution in [0, 0.1) is 6.92 Å². The van der Waals surface area contributed by atoms with Crippen molar-refractivity contribution in [2.75, 3.05) is 16.7 Å². The first-order chi connectivity index (χ1) is 16.3. The monoisotopic (exact) mass is 492 g/mol. The molecule has 4 aromatic rings. The van der Waals surface area contributed by atoms with Crippen molar-refractivity contribution in [1.29, 1.82) is 0 Å². The average Bonchev–Trinajstić information content (AvgIpc) is 3.22. The third-order valence-electron chi connectivity index (χ3n) is 5.24. The number of aryl methyl sites for hydroxylation is 2. The van der Waals surface area contributed by atoms with Crippen LogP contribution in [0.2, 0.25) is 0 Å². The average molecular weight is 493 g/mol. The maximum Gasteiger partial charge on any atom is 0.265 e. The van der Waals surface area contributed by atoms with Crippen LogP contribution in [0.3, 0.4) is 0 Å². The summed E-state index contributed by atoms with van der Waals surface area (Å²) in [5.41, 5.74) is 1.73. The number of nitrogens with one attached hydrogen (secondary N) is 1. The Kier molecular flexibility index (Phi) is 6.76. The summed E-state index contributed by atoms with van der Waals surface area (Å²) in [5, 5.41) is 7.08. The van der Waals surface area contributed by atoms with Gasteiger partial charge in [0.25, 0.3) is 15.9 Å². The Bertz CT molecular complexity index is 1420. The molecule has 0 fully saturated rings. The van der Waals surface area contributed by atoms with Gasteiger partial charge in [-0.1, -0.05) is 59.8 Å². The minimum absolute atomic E-state index is 0.137. The highest BCUT2D eigenvalue weighted by Crippen LogP contribution is 2.34. The minimum Gasteiger partial charge on any atom is -0.321 e. The highest BCUT2D eigenvalue weighted by molar-refractivity contribution is 7.99. The van der Waals surface area contributed by atoms with Crippen LogP contribution in [-0.4, -0.2) is 31.2 Å². The highest BCUT2D eigenvalue weighted by atomic mass is 32.2. The molecule has 0 unspecified atom stereocenters. The molecule has 1 N–H and O–H groups in total. The van der Waals surface area contributed by atoms with E-state index in [4.69, 9.17) is 0 Å². The highest BCUT2D eigenvalue weighted by Gasteiger charge is 2.28. The van der Waals surface area contributed by atoms with E-state index in [1.54, 1.807) is 31.3 Å². The summed E-state index contributed by atoms with van der Waals surface area (Å²) in [4.78, 5) is 15.3. The molecule has 0 atom stereocenters. The quantitative estimate of drug-likeness (QED) is 0.394. The molecule has 3 aromatic carbocycles. The number of hydrogen-bond acceptors (Lipinski definition) is 5. The van der Waals surface area contributed by atoms with E-state index in [1.165, 1.54) is 29.7 Å². The number of amides is 1. The van der Waals surface area contributed by atoms with Crippen molar-refractivity contribution in [2.24, 2.45) is 7.05 Å². The molecule has 0 aliphatic carbocycles. The number of carbonyl (C=O) groups is 1. The molecular formula is C25H24N4O3S2. The van der Waals surface area contributed by atoms with E-state index in [1.807, 2.05) is 61.5 Å². The molecule has 7 nitrogen and oxygen atoms in total. The smallest absolute Gasteiger partial charge is 0.265 e. The fourth-order valence-electron chi connectivity index (χ4n) is 3.41. The second-order valence-electron chi connectivity index (χ2n) is 7.66. The molecule has 0 spiro atoms. The van der Waals surface area contributed by atoms with E-state index < -0.39 is 15.9 Å². The number of aromatic nitrogens is 2. The Morgan fingerprint density at radius 1 is 0.971 bits per heavy atom. The number of nitrogens with zero attached hydrogens (tertiary/aromatic N) is 3. The number of benzene rings is 3. The second-order valence-corrected chi connectivity index (χ2v) is 10.7. The van der Waals surface area contributed by atoms with E-state index in [0.717, 1.165) is 19.7 Å². The normalized spacial score (nSPS) is 11.3. The van der Waals surface area contributed by atoms with Gasteiger partial charge in [-0.3, -0.25) is 13.8 Å². The molecule has 0 aliphatic heterocycles. The largest absolute Gasteiger partial charge is 0.321 e. The van der Waals surface area contributed by atoms with Crippen LogP contribution < -0.4 is 9.62 Å². The minimum atomic E-state index is -3.89. The Morgan fingerprint density at radius 2 is 1.62 bits per heavy atom. The molecule has 9 heteroatoms. The van der Waals surface area contributed by atoms with E-state index in [0.29, 0.717) is 5.69 Å². The first-order valence-corrected chi connectivity index (χ1v) is 12.7. The van der Waals surface area contributed by atoms with E-state index in [9.17, 15) is 13.2 Å². The van der Waals surface area contributed by atoms with Crippen LogP contribution in [0.25, 0.3) is 0 Å². The first kappa shape index (κ1) is 23.6. The number of hydrogen-bond donors (Lipinski definition) is 1. The Balaban J connectivity index is 1.63. The van der Waals surface area contributed by atoms with E-state index in [-0.39, 0.29) is 16.3 Å². The predicted octanol–water partition coefficient (Wildman–Crippen LogP) is 4.96. The summed E-state index contributed by atoms with van der Waals surface area (Å²) in [6.07, 6.45) is 1.37. The summed E-state index contributed by atoms with van der Waals surface area (Å²) in [5.74, 6) is -0.276. The molecule has 0 bridgehead atoms. The van der Waals surface area contributed by atoms with Crippen molar-refractivity contribution < 1.29 is 13.2 Å². The molecule has 1 amide bonds. The molecule has 0 radical (unpaired) electrons. The van der Waals surface area contributed by atoms with Crippen molar-refractivity contribution >= 4 is 39.2 Å². The molecule has 34 heavy (non-hydrogen) atoms. The Labute approximate surface area is 203 Å². The summed E-state index contributed by atoms with van der Waals surface area (Å²) >= 11 is 1.53. The molecule has 174 valence electrons. The lowest BCUT2D eigenvalue weighted by atomic mass is 10.2. The van der Waals surface area contributed by atoms with Gasteiger partial charge >= 0.3 is 0 Å². The van der Waals surface area contributed by atoms with Gasteiger partial charge in [0.1, 0.15) is 5.56 Å². The summed E-state index contributed by atoms with van der Waals surface area (Å²) in [7, 11) is -0.868. The zero-order valence-corrected chi connectivity index (χ0v) is 20.6. The summed E-state index contributed by atoms with van der Waals surface area (Å²) in [6, 6.07) is 23.9. The maximum absolute atomic E-state index is 13.3. The van der Waals surface area contributed by atoms with E-state index in [2.05, 4.69) is 10.4 Å². The molecule has 0 aliphatic rings. The summed E-state index contributed by atoms with van der Waals surface area (Å²) < 4.78 is 28.9. The van der Waals surface area contributed by atoms with Gasteiger partial charge in [0.15, 0.2) is 5.82 Å². The molecule has 0 saturated carbocycles. The van der Waals surface area contributed by atoms with Crippen LogP contribution in [0.15, 0.2) is 99.7 Å². The van der Waals surface area contributed by atoms with Crippen LogP contribution in [0.5, 0.6) is 0 Å². The third-order valence-corrected chi connectivity index (χ3v) is 8.08. The first-order valence-electron chi connectivity index (χ1n) is 10.5. The van der Waals surface area contributed by atoms with Gasteiger partial charge in [0.2, 0.25) is 0 Å². The molecule has 4 rings (SSSR count). The molecular weight excluding hydrogens is 468 g/mol. The van der Waals surface area contributed by atoms with Crippen LogP contribution in [0.1, 0.15) is 15.9 Å². The second kappa shape index (κ2) is 9.74. The lowest BCUT2D eigenvalue weighted by Crippen LogP contribution is -2.30. The third kappa shape index (κ3) is 4.85. The molecule has 1 aromatic heterocycles. The van der Waals surface area contributed by atoms with E-state index >= 15 is 0 Å².